The maximum Gasteiger partial charge on any atom is 0.0503 e. The molecule has 16 heavy (non-hydrogen) atoms. The van der Waals surface area contributed by atoms with Crippen molar-refractivity contribution in [3.05, 3.63) is 20.8 Å². The maximum absolute atomic E-state index is 3.86. The number of halogens is 2. The summed E-state index contributed by atoms with van der Waals surface area (Å²) in [7, 11) is 0. The smallest absolute Gasteiger partial charge is 0.0503 e. The second kappa shape index (κ2) is 6.55. The average molecular weight is 366 g/mol. The van der Waals surface area contributed by atoms with Crippen LogP contribution in [0.5, 0.6) is 0 Å². The predicted molar refractivity (Wildman–Crippen MR) is 79.5 cm³/mol. The van der Waals surface area contributed by atoms with Gasteiger partial charge in [0.05, 0.1) is 4.83 Å². The average Bonchev–Trinajstić information content (AvgIpc) is 2.53. The largest absolute Gasteiger partial charge is 0.147 e. The highest BCUT2D eigenvalue weighted by molar-refractivity contribution is 9.11. The van der Waals surface area contributed by atoms with Gasteiger partial charge in [-0.05, 0) is 39.7 Å². The van der Waals surface area contributed by atoms with Crippen molar-refractivity contribution in [1.82, 2.24) is 0 Å². The summed E-state index contributed by atoms with van der Waals surface area (Å²) in [5, 5.41) is 2.17. The van der Waals surface area contributed by atoms with E-state index < -0.39 is 0 Å². The van der Waals surface area contributed by atoms with Crippen LogP contribution in [0.3, 0.4) is 0 Å². The summed E-state index contributed by atoms with van der Waals surface area (Å²) in [6.45, 7) is 0. The van der Waals surface area contributed by atoms with Crippen molar-refractivity contribution in [2.45, 2.75) is 49.8 Å². The van der Waals surface area contributed by atoms with E-state index >= 15 is 0 Å². The molecule has 1 saturated carbocycles. The van der Waals surface area contributed by atoms with E-state index in [1.54, 1.807) is 0 Å². The molecule has 1 heterocycles. The Morgan fingerprint density at radius 2 is 1.94 bits per heavy atom. The Morgan fingerprint density at radius 1 is 1.25 bits per heavy atom. The molecule has 0 N–H and O–H groups in total. The predicted octanol–water partition coefficient (Wildman–Crippen LogP) is 6.31. The molecule has 1 aromatic rings. The Labute approximate surface area is 119 Å². The molecule has 1 atom stereocenters. The summed E-state index contributed by atoms with van der Waals surface area (Å²) in [5.74, 6) is 0.931. The van der Waals surface area contributed by atoms with Crippen molar-refractivity contribution in [1.29, 1.82) is 0 Å². The second-order valence-corrected chi connectivity index (χ2v) is 7.60. The van der Waals surface area contributed by atoms with Crippen molar-refractivity contribution in [2.24, 2.45) is 5.92 Å². The van der Waals surface area contributed by atoms with Crippen LogP contribution in [0, 0.1) is 5.92 Å². The van der Waals surface area contributed by atoms with Crippen molar-refractivity contribution >= 4 is 43.2 Å². The minimum atomic E-state index is 0.546. The van der Waals surface area contributed by atoms with Gasteiger partial charge in [-0.2, -0.15) is 0 Å². The quantitative estimate of drug-likeness (QED) is 0.435. The number of thiophene rings is 1. The molecular weight excluding hydrogens is 348 g/mol. The normalized spacial score (nSPS) is 20.6. The van der Waals surface area contributed by atoms with E-state index in [0.717, 1.165) is 5.92 Å². The summed E-state index contributed by atoms with van der Waals surface area (Å²) in [6.07, 6.45) is 9.96. The Hall–Kier alpha value is 0.660. The zero-order valence-electron chi connectivity index (χ0n) is 9.42. The lowest BCUT2D eigenvalue weighted by Crippen LogP contribution is -2.02. The van der Waals surface area contributed by atoms with Gasteiger partial charge in [0.15, 0.2) is 0 Å². The highest BCUT2D eigenvalue weighted by Crippen LogP contribution is 2.40. The molecule has 0 bridgehead atoms. The molecule has 2 rings (SSSR count). The molecular formula is C13H18Br2S. The second-order valence-electron chi connectivity index (χ2n) is 4.69. The Morgan fingerprint density at radius 3 is 2.50 bits per heavy atom. The fourth-order valence-corrected chi connectivity index (χ4v) is 5.57. The Balaban J connectivity index is 1.91. The van der Waals surface area contributed by atoms with Gasteiger partial charge in [-0.1, -0.05) is 54.5 Å². The number of rotatable bonds is 3. The van der Waals surface area contributed by atoms with Crippen molar-refractivity contribution in [2.75, 3.05) is 0 Å². The van der Waals surface area contributed by atoms with Gasteiger partial charge in [-0.15, -0.1) is 11.3 Å². The van der Waals surface area contributed by atoms with E-state index in [2.05, 4.69) is 43.3 Å². The van der Waals surface area contributed by atoms with Crippen LogP contribution in [0.25, 0.3) is 0 Å². The van der Waals surface area contributed by atoms with Gasteiger partial charge >= 0.3 is 0 Å². The molecule has 1 aliphatic rings. The molecule has 1 unspecified atom stereocenters. The third-order valence-corrected chi connectivity index (χ3v) is 6.56. The lowest BCUT2D eigenvalue weighted by Gasteiger charge is -2.17. The van der Waals surface area contributed by atoms with E-state index in [1.165, 1.54) is 54.3 Å². The molecule has 0 saturated heterocycles. The van der Waals surface area contributed by atoms with E-state index in [1.807, 2.05) is 11.3 Å². The number of hydrogen-bond donors (Lipinski definition) is 0. The SMILES string of the molecule is Brc1ccsc1C(Br)CC1CCCCCC1. The summed E-state index contributed by atoms with van der Waals surface area (Å²) in [6, 6.07) is 2.15. The van der Waals surface area contributed by atoms with Crippen LogP contribution in [-0.4, -0.2) is 0 Å². The molecule has 0 nitrogen and oxygen atoms in total. The summed E-state index contributed by atoms with van der Waals surface area (Å²) >= 11 is 9.34. The van der Waals surface area contributed by atoms with E-state index in [9.17, 15) is 0 Å². The van der Waals surface area contributed by atoms with Crippen LogP contribution in [0.15, 0.2) is 15.9 Å². The van der Waals surface area contributed by atoms with E-state index in [-0.39, 0.29) is 0 Å². The number of hydrogen-bond acceptors (Lipinski definition) is 1. The molecule has 0 spiro atoms. The topological polar surface area (TPSA) is 0 Å². The van der Waals surface area contributed by atoms with E-state index in [0.29, 0.717) is 4.83 Å². The Bertz CT molecular complexity index is 313. The first kappa shape index (κ1) is 13.1. The van der Waals surface area contributed by atoms with Crippen LogP contribution in [0.2, 0.25) is 0 Å². The molecule has 1 aliphatic carbocycles. The lowest BCUT2D eigenvalue weighted by atomic mass is 9.94. The van der Waals surface area contributed by atoms with E-state index in [4.69, 9.17) is 0 Å². The fraction of sp³-hybridized carbons (Fsp3) is 0.692. The fourth-order valence-electron chi connectivity index (χ4n) is 2.53. The Kier molecular flexibility index (Phi) is 5.37. The molecule has 3 heteroatoms. The molecule has 0 aliphatic heterocycles. The first-order valence-corrected chi connectivity index (χ1v) is 8.73. The van der Waals surface area contributed by atoms with Crippen LogP contribution in [0.1, 0.15) is 54.7 Å². The van der Waals surface area contributed by atoms with Gasteiger partial charge in [0, 0.05) is 9.35 Å². The molecule has 1 aromatic heterocycles. The third kappa shape index (κ3) is 3.58. The molecule has 0 amide bonds. The van der Waals surface area contributed by atoms with Crippen LogP contribution in [-0.2, 0) is 0 Å². The monoisotopic (exact) mass is 364 g/mol. The van der Waals surface area contributed by atoms with Gasteiger partial charge in [0.2, 0.25) is 0 Å². The van der Waals surface area contributed by atoms with Gasteiger partial charge in [0.1, 0.15) is 0 Å². The zero-order chi connectivity index (χ0) is 11.4. The minimum absolute atomic E-state index is 0.546. The molecule has 90 valence electrons. The van der Waals surface area contributed by atoms with Crippen LogP contribution in [0.4, 0.5) is 0 Å². The highest BCUT2D eigenvalue weighted by Gasteiger charge is 2.19. The first-order valence-electron chi connectivity index (χ1n) is 6.14. The lowest BCUT2D eigenvalue weighted by molar-refractivity contribution is 0.428. The van der Waals surface area contributed by atoms with Gasteiger partial charge in [0.25, 0.3) is 0 Å². The zero-order valence-corrected chi connectivity index (χ0v) is 13.4. The summed E-state index contributed by atoms with van der Waals surface area (Å²) in [4.78, 5) is 2.01. The minimum Gasteiger partial charge on any atom is -0.147 e. The molecule has 1 fully saturated rings. The standard InChI is InChI=1S/C13H18Br2S/c14-11-7-8-16-13(11)12(15)9-10-5-3-1-2-4-6-10/h7-8,10,12H,1-6,9H2. The van der Waals surface area contributed by atoms with Crippen molar-refractivity contribution in [3.63, 3.8) is 0 Å². The molecule has 0 aromatic carbocycles. The van der Waals surface area contributed by atoms with Crippen LogP contribution >= 0.6 is 43.2 Å². The molecule has 0 radical (unpaired) electrons. The summed E-state index contributed by atoms with van der Waals surface area (Å²) in [5.41, 5.74) is 0. The maximum atomic E-state index is 3.86. The van der Waals surface area contributed by atoms with Crippen molar-refractivity contribution < 1.29 is 0 Å². The number of alkyl halides is 1. The third-order valence-electron chi connectivity index (χ3n) is 3.44. The highest BCUT2D eigenvalue weighted by atomic mass is 79.9. The van der Waals surface area contributed by atoms with Gasteiger partial charge in [-0.3, -0.25) is 0 Å². The van der Waals surface area contributed by atoms with Crippen LogP contribution < -0.4 is 0 Å². The van der Waals surface area contributed by atoms with Gasteiger partial charge in [-0.25, -0.2) is 0 Å². The first-order chi connectivity index (χ1) is 7.77. The summed E-state index contributed by atoms with van der Waals surface area (Å²) < 4.78 is 1.27. The van der Waals surface area contributed by atoms with Gasteiger partial charge < -0.3 is 0 Å². The van der Waals surface area contributed by atoms with Crippen molar-refractivity contribution in [3.8, 4) is 0 Å².